The maximum atomic E-state index is 5.63. The summed E-state index contributed by atoms with van der Waals surface area (Å²) in [5.41, 5.74) is 0. The van der Waals surface area contributed by atoms with Crippen molar-refractivity contribution in [2.75, 3.05) is 31.3 Å². The van der Waals surface area contributed by atoms with Crippen molar-refractivity contribution in [2.24, 2.45) is 0 Å². The summed E-state index contributed by atoms with van der Waals surface area (Å²) >= 11 is 4.17. The topological polar surface area (TPSA) is 18.5 Å². The van der Waals surface area contributed by atoms with Gasteiger partial charge < -0.3 is 9.47 Å². The largest absolute Gasteiger partial charge is 0.376 e. The fraction of sp³-hybridized carbons (Fsp3) is 1.00. The molecule has 2 rings (SSSR count). The van der Waals surface area contributed by atoms with Gasteiger partial charge in [0.2, 0.25) is 0 Å². The van der Waals surface area contributed by atoms with Crippen molar-refractivity contribution in [2.45, 2.75) is 23.5 Å². The molecule has 0 aliphatic carbocycles. The summed E-state index contributed by atoms with van der Waals surface area (Å²) in [5, 5.41) is 0. The molecule has 0 aromatic rings. The second-order valence-corrected chi connectivity index (χ2v) is 6.25. The van der Waals surface area contributed by atoms with Gasteiger partial charge in [-0.05, 0) is 24.3 Å². The average molecular weight is 220 g/mol. The van der Waals surface area contributed by atoms with Crippen LogP contribution in [0.15, 0.2) is 0 Å². The van der Waals surface area contributed by atoms with E-state index in [1.165, 1.54) is 17.9 Å². The Morgan fingerprint density at radius 1 is 1.15 bits per heavy atom. The van der Waals surface area contributed by atoms with Crippen LogP contribution in [0.2, 0.25) is 0 Å². The van der Waals surface area contributed by atoms with Crippen LogP contribution in [0.3, 0.4) is 0 Å². The van der Waals surface area contributed by atoms with Crippen LogP contribution in [0.5, 0.6) is 0 Å². The molecule has 76 valence electrons. The van der Waals surface area contributed by atoms with Gasteiger partial charge in [-0.3, -0.25) is 0 Å². The first kappa shape index (κ1) is 10.1. The van der Waals surface area contributed by atoms with Gasteiger partial charge in [0.25, 0.3) is 0 Å². The van der Waals surface area contributed by atoms with Crippen LogP contribution in [-0.4, -0.2) is 42.0 Å². The Hall–Kier alpha value is 0.620. The standard InChI is InChI=1S/C9H16O2S2/c1-4-12-9(13-5-1)6-8-7-10-2-3-11-8/h8-9H,1-7H2/t8-/m1/s1. The van der Waals surface area contributed by atoms with Crippen molar-refractivity contribution in [3.8, 4) is 0 Å². The van der Waals surface area contributed by atoms with Gasteiger partial charge in [0.1, 0.15) is 0 Å². The Balaban J connectivity index is 1.69. The first-order valence-electron chi connectivity index (χ1n) is 4.88. The smallest absolute Gasteiger partial charge is 0.0828 e. The van der Waals surface area contributed by atoms with Gasteiger partial charge in [0.15, 0.2) is 0 Å². The van der Waals surface area contributed by atoms with Crippen LogP contribution in [0.25, 0.3) is 0 Å². The Labute approximate surface area is 88.1 Å². The van der Waals surface area contributed by atoms with Crippen molar-refractivity contribution in [3.05, 3.63) is 0 Å². The van der Waals surface area contributed by atoms with E-state index >= 15 is 0 Å². The van der Waals surface area contributed by atoms with Gasteiger partial charge in [0.05, 0.1) is 30.5 Å². The molecule has 2 aliphatic heterocycles. The van der Waals surface area contributed by atoms with Crippen molar-refractivity contribution >= 4 is 23.5 Å². The average Bonchev–Trinajstić information content (AvgIpc) is 2.21. The van der Waals surface area contributed by atoms with Gasteiger partial charge in [-0.1, -0.05) is 0 Å². The van der Waals surface area contributed by atoms with Crippen molar-refractivity contribution in [1.29, 1.82) is 0 Å². The maximum Gasteiger partial charge on any atom is 0.0828 e. The first-order valence-corrected chi connectivity index (χ1v) is 6.97. The zero-order valence-electron chi connectivity index (χ0n) is 7.74. The van der Waals surface area contributed by atoms with Crippen LogP contribution < -0.4 is 0 Å². The van der Waals surface area contributed by atoms with Crippen molar-refractivity contribution in [1.82, 2.24) is 0 Å². The van der Waals surface area contributed by atoms with Crippen LogP contribution in [0, 0.1) is 0 Å². The third kappa shape index (κ3) is 3.35. The molecule has 4 heteroatoms. The lowest BCUT2D eigenvalue weighted by Crippen LogP contribution is -2.31. The number of thioether (sulfide) groups is 2. The first-order chi connectivity index (χ1) is 6.45. The second-order valence-electron chi connectivity index (χ2n) is 3.33. The minimum absolute atomic E-state index is 0.358. The monoisotopic (exact) mass is 220 g/mol. The van der Waals surface area contributed by atoms with Crippen LogP contribution in [-0.2, 0) is 9.47 Å². The summed E-state index contributed by atoms with van der Waals surface area (Å²) in [7, 11) is 0. The van der Waals surface area contributed by atoms with E-state index in [2.05, 4.69) is 23.5 Å². The van der Waals surface area contributed by atoms with Gasteiger partial charge >= 0.3 is 0 Å². The fourth-order valence-electron chi connectivity index (χ4n) is 1.56. The van der Waals surface area contributed by atoms with Gasteiger partial charge in [0, 0.05) is 0 Å². The molecule has 13 heavy (non-hydrogen) atoms. The summed E-state index contributed by atoms with van der Waals surface area (Å²) < 4.78 is 11.8. The van der Waals surface area contributed by atoms with Crippen molar-refractivity contribution < 1.29 is 9.47 Å². The highest BCUT2D eigenvalue weighted by molar-refractivity contribution is 8.17. The zero-order chi connectivity index (χ0) is 8.93. The molecule has 0 spiro atoms. The highest BCUT2D eigenvalue weighted by atomic mass is 32.2. The Morgan fingerprint density at radius 2 is 2.00 bits per heavy atom. The molecule has 0 aromatic carbocycles. The summed E-state index contributed by atoms with van der Waals surface area (Å²) in [6, 6.07) is 0. The number of rotatable bonds is 2. The molecular weight excluding hydrogens is 204 g/mol. The molecule has 0 amide bonds. The quantitative estimate of drug-likeness (QED) is 0.708. The molecule has 1 atom stereocenters. The third-order valence-corrected chi connectivity index (χ3v) is 5.23. The van der Waals surface area contributed by atoms with Crippen LogP contribution in [0.4, 0.5) is 0 Å². The summed E-state index contributed by atoms with van der Waals surface area (Å²) in [6.45, 7) is 2.37. The predicted molar refractivity (Wildman–Crippen MR) is 58.5 cm³/mol. The van der Waals surface area contributed by atoms with E-state index in [-0.39, 0.29) is 0 Å². The molecule has 0 saturated carbocycles. The molecule has 0 bridgehead atoms. The molecule has 2 saturated heterocycles. The fourth-order valence-corrected chi connectivity index (χ4v) is 4.55. The number of hydrogen-bond acceptors (Lipinski definition) is 4. The summed E-state index contributed by atoms with van der Waals surface area (Å²) in [5.74, 6) is 2.65. The minimum atomic E-state index is 0.358. The summed E-state index contributed by atoms with van der Waals surface area (Å²) in [4.78, 5) is 0. The highest BCUT2D eigenvalue weighted by Crippen LogP contribution is 2.34. The van der Waals surface area contributed by atoms with Gasteiger partial charge in [-0.2, -0.15) is 0 Å². The lowest BCUT2D eigenvalue weighted by Gasteiger charge is -2.28. The Kier molecular flexibility index (Phi) is 4.28. The molecule has 2 nitrogen and oxygen atoms in total. The molecule has 0 aromatic heterocycles. The lowest BCUT2D eigenvalue weighted by molar-refractivity contribution is -0.0889. The predicted octanol–water partition coefficient (Wildman–Crippen LogP) is 1.99. The molecule has 2 aliphatic rings. The number of hydrogen-bond donors (Lipinski definition) is 0. The second kappa shape index (κ2) is 5.49. The van der Waals surface area contributed by atoms with Crippen LogP contribution in [0.1, 0.15) is 12.8 Å². The van der Waals surface area contributed by atoms with Crippen LogP contribution >= 0.6 is 23.5 Å². The SMILES string of the molecule is C1CSC(C[C@@H]2COCCO2)SC1. The normalized spacial score (nSPS) is 31.8. The van der Waals surface area contributed by atoms with E-state index in [4.69, 9.17) is 9.47 Å². The van der Waals surface area contributed by atoms with E-state index in [0.717, 1.165) is 30.8 Å². The van der Waals surface area contributed by atoms with Gasteiger partial charge in [-0.15, -0.1) is 23.5 Å². The molecule has 0 unspecified atom stereocenters. The molecule has 0 N–H and O–H groups in total. The van der Waals surface area contributed by atoms with E-state index in [1.807, 2.05) is 0 Å². The molecule has 2 fully saturated rings. The zero-order valence-corrected chi connectivity index (χ0v) is 9.37. The van der Waals surface area contributed by atoms with E-state index < -0.39 is 0 Å². The third-order valence-electron chi connectivity index (χ3n) is 2.24. The minimum Gasteiger partial charge on any atom is -0.376 e. The molecule has 0 radical (unpaired) electrons. The Morgan fingerprint density at radius 3 is 2.69 bits per heavy atom. The van der Waals surface area contributed by atoms with Gasteiger partial charge in [-0.25, -0.2) is 0 Å². The number of ether oxygens (including phenoxy) is 2. The maximum absolute atomic E-state index is 5.63. The molecular formula is C9H16O2S2. The van der Waals surface area contributed by atoms with E-state index in [0.29, 0.717) is 6.10 Å². The van der Waals surface area contributed by atoms with Crippen molar-refractivity contribution in [3.63, 3.8) is 0 Å². The Bertz CT molecular complexity index is 127. The lowest BCUT2D eigenvalue weighted by atomic mass is 10.3. The van der Waals surface area contributed by atoms with E-state index in [9.17, 15) is 0 Å². The summed E-state index contributed by atoms with van der Waals surface area (Å²) in [6.07, 6.45) is 2.89. The van der Waals surface area contributed by atoms with E-state index in [1.54, 1.807) is 0 Å². The highest BCUT2D eigenvalue weighted by Gasteiger charge is 2.22. The molecule has 2 heterocycles.